The Labute approximate surface area is 160 Å². The third-order valence-corrected chi connectivity index (χ3v) is 4.80. The van der Waals surface area contributed by atoms with Crippen molar-refractivity contribution in [2.24, 2.45) is 0 Å². The van der Waals surface area contributed by atoms with E-state index in [9.17, 15) is 4.79 Å². The van der Waals surface area contributed by atoms with Crippen LogP contribution in [0.4, 0.5) is 28.1 Å². The number of hydrogen-bond donors (Lipinski definition) is 3. The molecule has 140 valence electrons. The van der Waals surface area contributed by atoms with Crippen molar-refractivity contribution in [1.29, 1.82) is 0 Å². The predicted octanol–water partition coefficient (Wildman–Crippen LogP) is 3.80. The summed E-state index contributed by atoms with van der Waals surface area (Å²) in [5, 5.41) is 6.91. The Hall–Kier alpha value is -3.20. The zero-order valence-electron chi connectivity index (χ0n) is 15.2. The molecule has 3 aromatic rings. The van der Waals surface area contributed by atoms with E-state index in [4.69, 9.17) is 10.5 Å². The molecule has 3 rings (SSSR count). The average Bonchev–Trinajstić information content (AvgIpc) is 2.96. The van der Waals surface area contributed by atoms with Gasteiger partial charge in [0, 0.05) is 4.88 Å². The van der Waals surface area contributed by atoms with Gasteiger partial charge in [-0.3, -0.25) is 0 Å². The molecular weight excluding hydrogens is 364 g/mol. The number of rotatable bonds is 6. The lowest BCUT2D eigenvalue weighted by Gasteiger charge is -2.13. The number of ether oxygens (including phenoxy) is 1. The number of thiazole rings is 1. The molecule has 0 atom stereocenters. The van der Waals surface area contributed by atoms with Crippen LogP contribution in [0, 0.1) is 13.8 Å². The van der Waals surface area contributed by atoms with Gasteiger partial charge in [-0.2, -0.15) is 0 Å². The van der Waals surface area contributed by atoms with Crippen LogP contribution in [0.15, 0.2) is 30.6 Å². The third kappa shape index (κ3) is 4.14. The highest BCUT2D eigenvalue weighted by molar-refractivity contribution is 7.15. The van der Waals surface area contributed by atoms with Gasteiger partial charge in [-0.1, -0.05) is 12.1 Å². The molecule has 0 saturated carbocycles. The van der Waals surface area contributed by atoms with E-state index in [1.165, 1.54) is 17.7 Å². The van der Waals surface area contributed by atoms with Crippen molar-refractivity contribution in [3.8, 4) is 0 Å². The van der Waals surface area contributed by atoms with Crippen molar-refractivity contribution in [2.45, 2.75) is 20.8 Å². The minimum Gasteiger partial charge on any atom is -0.462 e. The minimum atomic E-state index is -0.416. The molecule has 0 aliphatic rings. The summed E-state index contributed by atoms with van der Waals surface area (Å²) in [6.07, 6.45) is 1.39. The molecule has 1 aromatic carbocycles. The number of carbonyl (C=O) groups excluding carboxylic acids is 1. The van der Waals surface area contributed by atoms with Crippen LogP contribution in [0.3, 0.4) is 0 Å². The highest BCUT2D eigenvalue weighted by Gasteiger charge is 2.15. The predicted molar refractivity (Wildman–Crippen MR) is 107 cm³/mol. The van der Waals surface area contributed by atoms with Crippen molar-refractivity contribution < 1.29 is 9.53 Å². The van der Waals surface area contributed by atoms with E-state index in [0.29, 0.717) is 40.3 Å². The van der Waals surface area contributed by atoms with Crippen LogP contribution in [0.1, 0.15) is 27.9 Å². The molecular formula is C18H20N6O2S. The maximum Gasteiger partial charge on any atom is 0.340 e. The van der Waals surface area contributed by atoms with E-state index in [1.54, 1.807) is 25.1 Å². The largest absolute Gasteiger partial charge is 0.462 e. The molecule has 0 saturated heterocycles. The molecule has 0 radical (unpaired) electrons. The van der Waals surface area contributed by atoms with E-state index < -0.39 is 5.97 Å². The molecule has 0 spiro atoms. The number of benzene rings is 1. The number of anilines is 5. The normalized spacial score (nSPS) is 10.5. The fraction of sp³-hybridized carbons (Fsp3) is 0.222. The number of aromatic nitrogens is 3. The Kier molecular flexibility index (Phi) is 5.51. The van der Waals surface area contributed by atoms with Crippen molar-refractivity contribution in [3.63, 3.8) is 0 Å². The maximum atomic E-state index is 12.1. The summed E-state index contributed by atoms with van der Waals surface area (Å²) in [6.45, 7) is 6.00. The molecule has 4 N–H and O–H groups in total. The van der Waals surface area contributed by atoms with Crippen LogP contribution in [0.2, 0.25) is 0 Å². The standard InChI is InChI=1S/C18H20N6O2S/c1-4-26-17(25)12-7-5-6-8-13(12)23-15-14(19)16(21-9-20-15)24-18-22-10(2)11(3)27-18/h5-9H,4,19H2,1-3H3,(H2,20,21,22,23,24). The van der Waals surface area contributed by atoms with Crippen molar-refractivity contribution in [3.05, 3.63) is 46.7 Å². The summed E-state index contributed by atoms with van der Waals surface area (Å²) < 4.78 is 5.09. The van der Waals surface area contributed by atoms with E-state index in [0.717, 1.165) is 10.6 Å². The summed E-state index contributed by atoms with van der Waals surface area (Å²) in [5.74, 6) is 0.407. The molecule has 0 bridgehead atoms. The van der Waals surface area contributed by atoms with Crippen LogP contribution < -0.4 is 16.4 Å². The first-order valence-electron chi connectivity index (χ1n) is 8.34. The van der Waals surface area contributed by atoms with E-state index in [-0.39, 0.29) is 0 Å². The number of esters is 1. The van der Waals surface area contributed by atoms with Crippen LogP contribution in [-0.4, -0.2) is 27.5 Å². The lowest BCUT2D eigenvalue weighted by atomic mass is 10.2. The number of hydrogen-bond acceptors (Lipinski definition) is 9. The quantitative estimate of drug-likeness (QED) is 0.550. The molecule has 9 heteroatoms. The summed E-state index contributed by atoms with van der Waals surface area (Å²) >= 11 is 1.52. The first kappa shape index (κ1) is 18.6. The van der Waals surface area contributed by atoms with Gasteiger partial charge in [-0.15, -0.1) is 11.3 Å². The van der Waals surface area contributed by atoms with Crippen LogP contribution in [-0.2, 0) is 4.74 Å². The highest BCUT2D eigenvalue weighted by atomic mass is 32.1. The van der Waals surface area contributed by atoms with Gasteiger partial charge in [-0.25, -0.2) is 19.7 Å². The Morgan fingerprint density at radius 3 is 2.56 bits per heavy atom. The fourth-order valence-electron chi connectivity index (χ4n) is 2.33. The van der Waals surface area contributed by atoms with Gasteiger partial charge in [0.2, 0.25) is 0 Å². The Morgan fingerprint density at radius 2 is 1.89 bits per heavy atom. The second-order valence-corrected chi connectivity index (χ2v) is 6.86. The van der Waals surface area contributed by atoms with E-state index >= 15 is 0 Å². The second-order valence-electron chi connectivity index (χ2n) is 5.66. The molecule has 0 unspecified atom stereocenters. The molecule has 0 fully saturated rings. The van der Waals surface area contributed by atoms with Crippen LogP contribution >= 0.6 is 11.3 Å². The first-order chi connectivity index (χ1) is 13.0. The summed E-state index contributed by atoms with van der Waals surface area (Å²) in [7, 11) is 0. The van der Waals surface area contributed by atoms with Gasteiger partial charge >= 0.3 is 5.97 Å². The zero-order valence-corrected chi connectivity index (χ0v) is 16.1. The number of para-hydroxylation sites is 1. The lowest BCUT2D eigenvalue weighted by Crippen LogP contribution is -2.10. The van der Waals surface area contributed by atoms with Gasteiger partial charge in [0.15, 0.2) is 16.8 Å². The average molecular weight is 384 g/mol. The Bertz CT molecular complexity index is 953. The summed E-state index contributed by atoms with van der Waals surface area (Å²) in [6, 6.07) is 7.01. The Balaban J connectivity index is 1.88. The number of nitrogens with zero attached hydrogens (tertiary/aromatic N) is 3. The topological polar surface area (TPSA) is 115 Å². The number of nitrogens with two attached hydrogens (primary N) is 1. The smallest absolute Gasteiger partial charge is 0.340 e. The van der Waals surface area contributed by atoms with Gasteiger partial charge < -0.3 is 21.1 Å². The van der Waals surface area contributed by atoms with Crippen LogP contribution in [0.25, 0.3) is 0 Å². The van der Waals surface area contributed by atoms with Crippen molar-refractivity contribution in [2.75, 3.05) is 23.0 Å². The minimum absolute atomic E-state index is 0.295. The first-order valence-corrected chi connectivity index (χ1v) is 9.16. The van der Waals surface area contributed by atoms with E-state index in [2.05, 4.69) is 25.6 Å². The second kappa shape index (κ2) is 8.00. The Morgan fingerprint density at radius 1 is 1.19 bits per heavy atom. The number of carbonyl (C=O) groups is 1. The lowest BCUT2D eigenvalue weighted by molar-refractivity contribution is 0.0527. The number of nitrogens with one attached hydrogen (secondary N) is 2. The summed E-state index contributed by atoms with van der Waals surface area (Å²) in [4.78, 5) is 26.1. The van der Waals surface area contributed by atoms with Crippen LogP contribution in [0.5, 0.6) is 0 Å². The monoisotopic (exact) mass is 384 g/mol. The van der Waals surface area contributed by atoms with Gasteiger partial charge in [0.05, 0.1) is 23.6 Å². The summed E-state index contributed by atoms with van der Waals surface area (Å²) in [5.41, 5.74) is 8.45. The molecule has 0 aliphatic heterocycles. The van der Waals surface area contributed by atoms with Gasteiger partial charge in [-0.05, 0) is 32.9 Å². The van der Waals surface area contributed by atoms with Crippen molar-refractivity contribution >= 4 is 45.4 Å². The third-order valence-electron chi connectivity index (χ3n) is 3.81. The molecule has 2 heterocycles. The van der Waals surface area contributed by atoms with Gasteiger partial charge in [0.25, 0.3) is 0 Å². The highest BCUT2D eigenvalue weighted by Crippen LogP contribution is 2.31. The maximum absolute atomic E-state index is 12.1. The SMILES string of the molecule is CCOC(=O)c1ccccc1Nc1ncnc(Nc2nc(C)c(C)s2)c1N. The van der Waals surface area contributed by atoms with E-state index in [1.807, 2.05) is 19.9 Å². The number of nitrogen functional groups attached to an aromatic ring is 1. The molecule has 0 aliphatic carbocycles. The molecule has 2 aromatic heterocycles. The van der Waals surface area contributed by atoms with Crippen molar-refractivity contribution in [1.82, 2.24) is 15.0 Å². The zero-order chi connectivity index (χ0) is 19.4. The fourth-order valence-corrected chi connectivity index (χ4v) is 3.14. The number of aryl methyl sites for hydroxylation is 2. The molecule has 0 amide bonds. The molecule has 8 nitrogen and oxygen atoms in total. The molecule has 27 heavy (non-hydrogen) atoms. The van der Waals surface area contributed by atoms with Gasteiger partial charge in [0.1, 0.15) is 12.0 Å².